The summed E-state index contributed by atoms with van der Waals surface area (Å²) in [6, 6.07) is 4.38. The molecule has 0 heterocycles. The molecule has 0 aliphatic heterocycles. The molecule has 1 aromatic rings. The second-order valence-corrected chi connectivity index (χ2v) is 6.12. The minimum absolute atomic E-state index is 0.158. The zero-order valence-electron chi connectivity index (χ0n) is 7.67. The van der Waals surface area contributed by atoms with Crippen LogP contribution in [0, 0.1) is 0 Å². The Morgan fingerprint density at radius 1 is 1.36 bits per heavy atom. The lowest BCUT2D eigenvalue weighted by atomic mass is 10.4. The summed E-state index contributed by atoms with van der Waals surface area (Å²) in [6.07, 6.45) is 0.756. The van der Waals surface area contributed by atoms with E-state index in [0.29, 0.717) is 11.4 Å². The fourth-order valence-electron chi connectivity index (χ4n) is 1.12. The van der Waals surface area contributed by atoms with Gasteiger partial charge in [0.25, 0.3) is 0 Å². The molecular weight excluding hydrogens is 242 g/mol. The van der Waals surface area contributed by atoms with E-state index in [9.17, 15) is 9.46 Å². The van der Waals surface area contributed by atoms with Crippen molar-refractivity contribution in [2.45, 2.75) is 13.3 Å². The largest absolute Gasteiger partial charge is 0.796 e. The molecule has 0 amide bonds. The summed E-state index contributed by atoms with van der Waals surface area (Å²) in [6.45, 7) is 1.82. The summed E-state index contributed by atoms with van der Waals surface area (Å²) in [5.41, 5.74) is 0. The van der Waals surface area contributed by atoms with Crippen molar-refractivity contribution in [1.29, 1.82) is 0 Å². The van der Waals surface area contributed by atoms with Crippen LogP contribution in [0.2, 0.25) is 10.0 Å². The van der Waals surface area contributed by atoms with E-state index in [1.165, 1.54) is 18.2 Å². The minimum Gasteiger partial charge on any atom is -0.796 e. The Morgan fingerprint density at radius 2 is 2.00 bits per heavy atom. The highest BCUT2D eigenvalue weighted by Gasteiger charge is 2.11. The molecule has 14 heavy (non-hydrogen) atoms. The van der Waals surface area contributed by atoms with Crippen molar-refractivity contribution in [3.8, 4) is 0 Å². The van der Waals surface area contributed by atoms with E-state index in [1.807, 2.05) is 6.92 Å². The Morgan fingerprint density at radius 3 is 2.50 bits per heavy atom. The predicted octanol–water partition coefficient (Wildman–Crippen LogP) is 2.67. The van der Waals surface area contributed by atoms with E-state index >= 15 is 0 Å². The quantitative estimate of drug-likeness (QED) is 0.776. The second-order valence-electron chi connectivity index (χ2n) is 3.00. The maximum absolute atomic E-state index is 11.6. The molecule has 78 valence electrons. The molecule has 0 aromatic heterocycles. The van der Waals surface area contributed by atoms with Gasteiger partial charge >= 0.3 is 0 Å². The van der Waals surface area contributed by atoms with E-state index in [-0.39, 0.29) is 16.5 Å². The maximum Gasteiger partial charge on any atom is 0.0599 e. The Bertz CT molecular complexity index is 379. The lowest BCUT2D eigenvalue weighted by Gasteiger charge is -2.23. The van der Waals surface area contributed by atoms with Crippen molar-refractivity contribution < 1.29 is 9.46 Å². The smallest absolute Gasteiger partial charge is 0.0599 e. The fourth-order valence-corrected chi connectivity index (χ4v) is 2.97. The molecule has 0 radical (unpaired) electrons. The van der Waals surface area contributed by atoms with Crippen molar-refractivity contribution in [2.75, 3.05) is 6.16 Å². The lowest BCUT2D eigenvalue weighted by Crippen LogP contribution is -2.17. The van der Waals surface area contributed by atoms with Gasteiger partial charge in [0.1, 0.15) is 0 Å². The van der Waals surface area contributed by atoms with Crippen LogP contribution in [0.3, 0.4) is 0 Å². The van der Waals surface area contributed by atoms with Crippen LogP contribution in [0.1, 0.15) is 13.3 Å². The van der Waals surface area contributed by atoms with Crippen LogP contribution in [-0.4, -0.2) is 6.16 Å². The number of hydrogen-bond acceptors (Lipinski definition) is 2. The molecule has 1 rings (SSSR count). The monoisotopic (exact) mass is 251 g/mol. The van der Waals surface area contributed by atoms with Crippen molar-refractivity contribution in [1.82, 2.24) is 0 Å². The Hall–Kier alpha value is -0.0100. The number of hydrogen-bond donors (Lipinski definition) is 0. The number of benzene rings is 1. The van der Waals surface area contributed by atoms with Gasteiger partial charge in [-0.25, -0.2) is 0 Å². The van der Waals surface area contributed by atoms with Gasteiger partial charge in [-0.3, -0.25) is 0 Å². The summed E-state index contributed by atoms with van der Waals surface area (Å²) in [7, 11) is -3.48. The van der Waals surface area contributed by atoms with E-state index in [4.69, 9.17) is 23.2 Å². The van der Waals surface area contributed by atoms with Gasteiger partial charge in [-0.05, 0) is 23.6 Å². The van der Waals surface area contributed by atoms with Crippen LogP contribution in [0.4, 0.5) is 0 Å². The average Bonchev–Trinajstić information content (AvgIpc) is 2.09. The highest BCUT2D eigenvalue weighted by molar-refractivity contribution is 7.64. The van der Waals surface area contributed by atoms with Crippen molar-refractivity contribution >= 4 is 35.9 Å². The maximum atomic E-state index is 11.6. The minimum atomic E-state index is -3.48. The average molecular weight is 252 g/mol. The third-order valence-corrected chi connectivity index (χ3v) is 4.65. The highest BCUT2D eigenvalue weighted by atomic mass is 35.5. The molecule has 1 unspecified atom stereocenters. The summed E-state index contributed by atoms with van der Waals surface area (Å²) >= 11 is 11.4. The van der Waals surface area contributed by atoms with Gasteiger partial charge in [0, 0.05) is 7.37 Å². The Kier molecular flexibility index (Phi) is 4.03. The summed E-state index contributed by atoms with van der Waals surface area (Å²) in [5.74, 6) is 0. The van der Waals surface area contributed by atoms with Crippen LogP contribution in [-0.2, 0) is 4.57 Å². The first-order valence-corrected chi connectivity index (χ1v) is 6.79. The third kappa shape index (κ3) is 2.74. The molecule has 1 atom stereocenters. The lowest BCUT2D eigenvalue weighted by molar-refractivity contribution is -0.171. The van der Waals surface area contributed by atoms with Gasteiger partial charge in [-0.2, -0.15) is 0 Å². The molecule has 2 nitrogen and oxygen atoms in total. The summed E-state index contributed by atoms with van der Waals surface area (Å²) < 4.78 is 11.6. The number of halogens is 2. The van der Waals surface area contributed by atoms with Gasteiger partial charge < -0.3 is 9.46 Å². The van der Waals surface area contributed by atoms with Gasteiger partial charge in [0.15, 0.2) is 0 Å². The zero-order chi connectivity index (χ0) is 10.8. The van der Waals surface area contributed by atoms with Crippen LogP contribution in [0.5, 0.6) is 0 Å². The van der Waals surface area contributed by atoms with Gasteiger partial charge in [0.2, 0.25) is 0 Å². The van der Waals surface area contributed by atoms with Gasteiger partial charge in [0.05, 0.1) is 10.0 Å². The van der Waals surface area contributed by atoms with Crippen molar-refractivity contribution in [3.05, 3.63) is 28.2 Å². The molecule has 0 bridgehead atoms. The molecule has 0 spiro atoms. The predicted molar refractivity (Wildman–Crippen MR) is 58.9 cm³/mol. The molecule has 0 aliphatic rings. The molecule has 0 saturated heterocycles. The molecule has 0 saturated carbocycles. The van der Waals surface area contributed by atoms with E-state index < -0.39 is 7.37 Å². The third-order valence-electron chi connectivity index (χ3n) is 1.81. The first kappa shape index (κ1) is 12.1. The van der Waals surface area contributed by atoms with E-state index in [2.05, 4.69) is 0 Å². The van der Waals surface area contributed by atoms with Crippen LogP contribution < -0.4 is 10.2 Å². The molecular formula is C9H10Cl2O2P-. The first-order valence-electron chi connectivity index (χ1n) is 4.23. The normalized spacial score (nSPS) is 15.1. The zero-order valence-corrected chi connectivity index (χ0v) is 10.1. The molecule has 5 heteroatoms. The Labute approximate surface area is 93.3 Å². The van der Waals surface area contributed by atoms with Gasteiger partial charge in [-0.1, -0.05) is 42.6 Å². The van der Waals surface area contributed by atoms with Crippen LogP contribution in [0.25, 0.3) is 0 Å². The fraction of sp³-hybridized carbons (Fsp3) is 0.333. The summed E-state index contributed by atoms with van der Waals surface area (Å²) in [4.78, 5) is 11.6. The molecule has 1 aromatic carbocycles. The van der Waals surface area contributed by atoms with E-state index in [1.54, 1.807) is 0 Å². The van der Waals surface area contributed by atoms with Crippen molar-refractivity contribution in [3.63, 3.8) is 0 Å². The number of rotatable bonds is 3. The SMILES string of the molecule is CCCP(=O)([O-])c1ccc(Cl)c(Cl)c1. The van der Waals surface area contributed by atoms with Crippen LogP contribution >= 0.6 is 30.6 Å². The van der Waals surface area contributed by atoms with Gasteiger partial charge in [-0.15, -0.1) is 0 Å². The van der Waals surface area contributed by atoms with Crippen molar-refractivity contribution in [2.24, 2.45) is 0 Å². The first-order chi connectivity index (χ1) is 6.47. The molecule has 0 aliphatic carbocycles. The second kappa shape index (κ2) is 4.67. The van der Waals surface area contributed by atoms with E-state index in [0.717, 1.165) is 0 Å². The topological polar surface area (TPSA) is 40.1 Å². The molecule has 0 fully saturated rings. The Balaban J connectivity index is 3.08. The highest BCUT2D eigenvalue weighted by Crippen LogP contribution is 2.36. The standard InChI is InChI=1S/C9H11Cl2O2P/c1-2-5-14(12,13)7-3-4-8(10)9(11)6-7/h3-4,6H,2,5H2,1H3,(H,12,13)/p-1. The summed E-state index contributed by atoms with van der Waals surface area (Å²) in [5, 5.41) is 0.900. The van der Waals surface area contributed by atoms with Crippen LogP contribution in [0.15, 0.2) is 18.2 Å². The molecule has 0 N–H and O–H groups in total.